The highest BCUT2D eigenvalue weighted by atomic mass is 16.5. The maximum atomic E-state index is 6.02. The van der Waals surface area contributed by atoms with Gasteiger partial charge in [0.25, 0.3) is 0 Å². The van der Waals surface area contributed by atoms with Gasteiger partial charge >= 0.3 is 0 Å². The lowest BCUT2D eigenvalue weighted by Crippen LogP contribution is -2.51. The van der Waals surface area contributed by atoms with E-state index in [1.54, 1.807) is 38.5 Å². The molecule has 1 aliphatic heterocycles. The Bertz CT molecular complexity index is 346. The minimum atomic E-state index is 0.160. The van der Waals surface area contributed by atoms with Gasteiger partial charge < -0.3 is 10.5 Å². The predicted molar refractivity (Wildman–Crippen MR) is 85.1 cm³/mol. The largest absolute Gasteiger partial charge is 0.374 e. The van der Waals surface area contributed by atoms with Crippen LogP contribution in [0.2, 0.25) is 0 Å². The first-order valence-corrected chi connectivity index (χ1v) is 9.21. The molecule has 21 heavy (non-hydrogen) atoms. The zero-order valence-electron chi connectivity index (χ0n) is 13.6. The van der Waals surface area contributed by atoms with Crippen molar-refractivity contribution in [1.29, 1.82) is 0 Å². The first kappa shape index (κ1) is 14.5. The summed E-state index contributed by atoms with van der Waals surface area (Å²) in [5, 5.41) is 0. The van der Waals surface area contributed by atoms with Crippen molar-refractivity contribution in [1.82, 2.24) is 4.90 Å². The van der Waals surface area contributed by atoms with Gasteiger partial charge in [0.2, 0.25) is 0 Å². The Kier molecular flexibility index (Phi) is 3.79. The van der Waals surface area contributed by atoms with Crippen LogP contribution in [0.25, 0.3) is 0 Å². The molecule has 0 aromatic rings. The van der Waals surface area contributed by atoms with E-state index in [0.29, 0.717) is 0 Å². The summed E-state index contributed by atoms with van der Waals surface area (Å²) >= 11 is 0. The molecule has 4 bridgehead atoms. The van der Waals surface area contributed by atoms with Crippen molar-refractivity contribution < 1.29 is 4.74 Å². The zero-order valence-corrected chi connectivity index (χ0v) is 13.6. The van der Waals surface area contributed by atoms with E-state index in [0.717, 1.165) is 42.9 Å². The molecule has 5 rings (SSSR count). The summed E-state index contributed by atoms with van der Waals surface area (Å²) in [5.74, 6) is 3.24. The van der Waals surface area contributed by atoms with Crippen molar-refractivity contribution in [2.75, 3.05) is 26.2 Å². The van der Waals surface area contributed by atoms with Crippen LogP contribution in [0.3, 0.4) is 0 Å². The number of nitrogens with zero attached hydrogens (tertiary/aromatic N) is 1. The molecule has 4 saturated carbocycles. The fourth-order valence-corrected chi connectivity index (χ4v) is 6.24. The molecule has 2 N–H and O–H groups in total. The van der Waals surface area contributed by atoms with E-state index < -0.39 is 0 Å². The summed E-state index contributed by atoms with van der Waals surface area (Å²) in [6.07, 6.45) is 11.0. The second kappa shape index (κ2) is 5.50. The van der Waals surface area contributed by atoms with E-state index >= 15 is 0 Å². The van der Waals surface area contributed by atoms with Crippen LogP contribution in [-0.4, -0.2) is 43.3 Å². The highest BCUT2D eigenvalue weighted by Gasteiger charge is 2.50. The summed E-state index contributed by atoms with van der Waals surface area (Å²) in [5.41, 5.74) is 6.74. The first-order chi connectivity index (χ1) is 10.1. The van der Waals surface area contributed by atoms with E-state index in [4.69, 9.17) is 10.5 Å². The molecule has 3 nitrogen and oxygen atoms in total. The average Bonchev–Trinajstić information content (AvgIpc) is 2.44. The smallest absolute Gasteiger partial charge is 0.0850 e. The van der Waals surface area contributed by atoms with Crippen LogP contribution in [0.1, 0.15) is 51.9 Å². The third kappa shape index (κ3) is 2.89. The monoisotopic (exact) mass is 292 g/mol. The summed E-state index contributed by atoms with van der Waals surface area (Å²) in [7, 11) is 0. The summed E-state index contributed by atoms with van der Waals surface area (Å²) in [6, 6.07) is 0.160. The number of rotatable bonds is 4. The second-order valence-electron chi connectivity index (χ2n) is 8.74. The molecule has 1 saturated heterocycles. The molecule has 3 heteroatoms. The van der Waals surface area contributed by atoms with Gasteiger partial charge in [-0.2, -0.15) is 0 Å². The van der Waals surface area contributed by atoms with E-state index in [2.05, 4.69) is 11.8 Å². The maximum Gasteiger partial charge on any atom is 0.0850 e. The average molecular weight is 292 g/mol. The topological polar surface area (TPSA) is 38.5 Å². The van der Waals surface area contributed by atoms with Crippen LogP contribution < -0.4 is 5.73 Å². The van der Waals surface area contributed by atoms with E-state index in [1.165, 1.54) is 13.0 Å². The van der Waals surface area contributed by atoms with Crippen LogP contribution in [0.4, 0.5) is 0 Å². The fourth-order valence-electron chi connectivity index (χ4n) is 6.24. The lowest BCUT2D eigenvalue weighted by atomic mass is 9.49. The van der Waals surface area contributed by atoms with E-state index in [1.807, 2.05) is 0 Å². The molecule has 2 atom stereocenters. The SMILES string of the molecule is CC(N)C1CN(CCC23CC4CC(CC(C4)C2)C3)CCO1. The lowest BCUT2D eigenvalue weighted by molar-refractivity contribution is -0.0736. The number of nitrogens with two attached hydrogens (primary N) is 1. The van der Waals surface area contributed by atoms with Gasteiger partial charge in [0.15, 0.2) is 0 Å². The van der Waals surface area contributed by atoms with Crippen LogP contribution in [-0.2, 0) is 4.74 Å². The molecule has 120 valence electrons. The number of hydrogen-bond acceptors (Lipinski definition) is 3. The zero-order chi connectivity index (χ0) is 14.4. The minimum Gasteiger partial charge on any atom is -0.374 e. The number of hydrogen-bond donors (Lipinski definition) is 1. The fraction of sp³-hybridized carbons (Fsp3) is 1.00. The molecular weight excluding hydrogens is 260 g/mol. The van der Waals surface area contributed by atoms with Crippen molar-refractivity contribution in [3.8, 4) is 0 Å². The summed E-state index contributed by atoms with van der Waals surface area (Å²) in [6.45, 7) is 6.37. The van der Waals surface area contributed by atoms with Crippen molar-refractivity contribution in [2.45, 2.75) is 64.0 Å². The molecule has 5 fully saturated rings. The van der Waals surface area contributed by atoms with E-state index in [9.17, 15) is 0 Å². The Morgan fingerprint density at radius 2 is 1.76 bits per heavy atom. The highest BCUT2D eigenvalue weighted by Crippen LogP contribution is 2.61. The van der Waals surface area contributed by atoms with Gasteiger partial charge in [0.1, 0.15) is 0 Å². The lowest BCUT2D eigenvalue weighted by Gasteiger charge is -2.57. The molecule has 1 heterocycles. The van der Waals surface area contributed by atoms with Gasteiger partial charge in [-0.05, 0) is 81.6 Å². The first-order valence-electron chi connectivity index (χ1n) is 9.21. The Hall–Kier alpha value is -0.120. The van der Waals surface area contributed by atoms with Gasteiger partial charge in [0.05, 0.1) is 12.7 Å². The molecule has 0 radical (unpaired) electrons. The third-order valence-electron chi connectivity index (χ3n) is 6.89. The quantitative estimate of drug-likeness (QED) is 0.866. The van der Waals surface area contributed by atoms with Gasteiger partial charge in [-0.25, -0.2) is 0 Å². The van der Waals surface area contributed by atoms with Crippen LogP contribution in [0.5, 0.6) is 0 Å². The maximum absolute atomic E-state index is 6.02. The molecule has 2 unspecified atom stereocenters. The van der Waals surface area contributed by atoms with E-state index in [-0.39, 0.29) is 12.1 Å². The Labute approximate surface area is 129 Å². The molecule has 5 aliphatic rings. The molecule has 0 amide bonds. The molecule has 0 aromatic carbocycles. The Morgan fingerprint density at radius 1 is 1.14 bits per heavy atom. The molecule has 0 spiro atoms. The second-order valence-corrected chi connectivity index (χ2v) is 8.74. The molecular formula is C18H32N2O. The Morgan fingerprint density at radius 3 is 2.33 bits per heavy atom. The van der Waals surface area contributed by atoms with Crippen molar-refractivity contribution in [2.24, 2.45) is 28.9 Å². The van der Waals surface area contributed by atoms with Gasteiger partial charge in [0, 0.05) is 19.1 Å². The van der Waals surface area contributed by atoms with Crippen LogP contribution in [0, 0.1) is 23.2 Å². The van der Waals surface area contributed by atoms with Crippen molar-refractivity contribution >= 4 is 0 Å². The van der Waals surface area contributed by atoms with Crippen molar-refractivity contribution in [3.63, 3.8) is 0 Å². The van der Waals surface area contributed by atoms with Gasteiger partial charge in [-0.15, -0.1) is 0 Å². The van der Waals surface area contributed by atoms with Crippen molar-refractivity contribution in [3.05, 3.63) is 0 Å². The third-order valence-corrected chi connectivity index (χ3v) is 6.89. The van der Waals surface area contributed by atoms with Gasteiger partial charge in [-0.1, -0.05) is 0 Å². The minimum absolute atomic E-state index is 0.160. The summed E-state index contributed by atoms with van der Waals surface area (Å²) < 4.78 is 5.80. The normalized spacial score (nSPS) is 47.7. The van der Waals surface area contributed by atoms with Crippen LogP contribution in [0.15, 0.2) is 0 Å². The van der Waals surface area contributed by atoms with Gasteiger partial charge in [-0.3, -0.25) is 4.90 Å². The molecule has 0 aromatic heterocycles. The Balaban J connectivity index is 1.34. The standard InChI is InChI=1S/C18H32N2O/c1-13(19)17-12-20(4-5-21-17)3-2-18-9-14-6-15(10-18)8-16(7-14)11-18/h13-17H,2-12,19H2,1H3. The summed E-state index contributed by atoms with van der Waals surface area (Å²) in [4.78, 5) is 2.62. The number of morpholine rings is 1. The number of ether oxygens (including phenoxy) is 1. The predicted octanol–water partition coefficient (Wildman–Crippen LogP) is 2.64. The van der Waals surface area contributed by atoms with Crippen LogP contribution >= 0.6 is 0 Å². The molecule has 4 aliphatic carbocycles. The highest BCUT2D eigenvalue weighted by molar-refractivity contribution is 5.01.